The monoisotopic (exact) mass is 261 g/mol. The molecule has 1 aliphatic heterocycles. The topological polar surface area (TPSA) is 21.7 Å². The van der Waals surface area contributed by atoms with Crippen LogP contribution in [0.25, 0.3) is 6.08 Å². The van der Waals surface area contributed by atoms with E-state index in [9.17, 15) is 0 Å². The molecule has 1 atom stereocenters. The van der Waals surface area contributed by atoms with Gasteiger partial charge in [0.15, 0.2) is 0 Å². The molecule has 1 aromatic carbocycles. The van der Waals surface area contributed by atoms with Crippen molar-refractivity contribution < 1.29 is 9.47 Å². The van der Waals surface area contributed by atoms with Gasteiger partial charge in [-0.15, -0.1) is 0 Å². The maximum absolute atomic E-state index is 5.21. The zero-order chi connectivity index (χ0) is 13.5. The molecular weight excluding hydrogens is 238 g/mol. The zero-order valence-electron chi connectivity index (χ0n) is 11.8. The number of methoxy groups -OCH3 is 2. The van der Waals surface area contributed by atoms with Crippen LogP contribution in [-0.2, 0) is 4.74 Å². The molecule has 1 saturated heterocycles. The SMILES string of the molecule is COCC1CCN(C/C=C/c2ccc(OC)cc2)C1. The van der Waals surface area contributed by atoms with Crippen LogP contribution in [0, 0.1) is 5.92 Å². The molecule has 1 fully saturated rings. The average Bonchev–Trinajstić information content (AvgIpc) is 2.88. The molecule has 3 heteroatoms. The van der Waals surface area contributed by atoms with E-state index in [1.165, 1.54) is 18.5 Å². The first-order valence-corrected chi connectivity index (χ1v) is 6.83. The van der Waals surface area contributed by atoms with Gasteiger partial charge in [0, 0.05) is 20.2 Å². The van der Waals surface area contributed by atoms with Crippen LogP contribution in [0.2, 0.25) is 0 Å². The van der Waals surface area contributed by atoms with Crippen molar-refractivity contribution in [3.05, 3.63) is 35.9 Å². The molecule has 0 spiro atoms. The molecule has 0 radical (unpaired) electrons. The van der Waals surface area contributed by atoms with E-state index in [4.69, 9.17) is 9.47 Å². The van der Waals surface area contributed by atoms with Crippen LogP contribution in [0.1, 0.15) is 12.0 Å². The molecule has 1 unspecified atom stereocenters. The summed E-state index contributed by atoms with van der Waals surface area (Å²) in [6, 6.07) is 8.13. The molecular formula is C16H23NO2. The molecule has 0 aromatic heterocycles. The first kappa shape index (κ1) is 14.1. The Labute approximate surface area is 115 Å². The summed E-state index contributed by atoms with van der Waals surface area (Å²) in [6.45, 7) is 4.24. The molecule has 1 aromatic rings. The summed E-state index contributed by atoms with van der Waals surface area (Å²) in [4.78, 5) is 2.48. The third kappa shape index (κ3) is 4.37. The standard InChI is InChI=1S/C16H23NO2/c1-18-13-15-9-11-17(12-15)10-3-4-14-5-7-16(19-2)8-6-14/h3-8,15H,9-13H2,1-2H3/b4-3+. The second-order valence-corrected chi connectivity index (χ2v) is 5.05. The van der Waals surface area contributed by atoms with Gasteiger partial charge in [0.1, 0.15) is 5.75 Å². The summed E-state index contributed by atoms with van der Waals surface area (Å²) in [5.74, 6) is 1.61. The van der Waals surface area contributed by atoms with E-state index in [1.54, 1.807) is 14.2 Å². The minimum atomic E-state index is 0.708. The molecule has 19 heavy (non-hydrogen) atoms. The number of ether oxygens (including phenoxy) is 2. The van der Waals surface area contributed by atoms with Crippen LogP contribution in [-0.4, -0.2) is 45.4 Å². The number of hydrogen-bond acceptors (Lipinski definition) is 3. The van der Waals surface area contributed by atoms with E-state index >= 15 is 0 Å². The highest BCUT2D eigenvalue weighted by molar-refractivity contribution is 5.50. The molecule has 1 aliphatic rings. The zero-order valence-corrected chi connectivity index (χ0v) is 11.8. The van der Waals surface area contributed by atoms with E-state index in [1.807, 2.05) is 12.1 Å². The summed E-state index contributed by atoms with van der Waals surface area (Å²) in [6.07, 6.45) is 5.66. The molecule has 0 bridgehead atoms. The van der Waals surface area contributed by atoms with Gasteiger partial charge >= 0.3 is 0 Å². The van der Waals surface area contributed by atoms with Crippen molar-refractivity contribution in [2.45, 2.75) is 6.42 Å². The molecule has 0 N–H and O–H groups in total. The lowest BCUT2D eigenvalue weighted by Crippen LogP contribution is -2.21. The summed E-state index contributed by atoms with van der Waals surface area (Å²) >= 11 is 0. The molecule has 2 rings (SSSR count). The fourth-order valence-corrected chi connectivity index (χ4v) is 2.50. The van der Waals surface area contributed by atoms with E-state index < -0.39 is 0 Å². The lowest BCUT2D eigenvalue weighted by Gasteiger charge is -2.13. The second kappa shape index (κ2) is 7.31. The number of hydrogen-bond donors (Lipinski definition) is 0. The van der Waals surface area contributed by atoms with Crippen molar-refractivity contribution in [3.63, 3.8) is 0 Å². The van der Waals surface area contributed by atoms with Crippen LogP contribution in [0.15, 0.2) is 30.3 Å². The van der Waals surface area contributed by atoms with Crippen LogP contribution >= 0.6 is 0 Å². The Morgan fingerprint density at radius 1 is 1.26 bits per heavy atom. The number of rotatable bonds is 6. The Bertz CT molecular complexity index is 400. The first-order valence-electron chi connectivity index (χ1n) is 6.83. The maximum atomic E-state index is 5.21. The molecule has 104 valence electrons. The largest absolute Gasteiger partial charge is 0.497 e. The molecule has 0 saturated carbocycles. The molecule has 3 nitrogen and oxygen atoms in total. The quantitative estimate of drug-likeness (QED) is 0.786. The van der Waals surface area contributed by atoms with Gasteiger partial charge in [-0.1, -0.05) is 24.3 Å². The van der Waals surface area contributed by atoms with Crippen molar-refractivity contribution >= 4 is 6.08 Å². The third-order valence-corrected chi connectivity index (χ3v) is 3.56. The van der Waals surface area contributed by atoms with Crippen LogP contribution in [0.5, 0.6) is 5.75 Å². The van der Waals surface area contributed by atoms with Gasteiger partial charge in [-0.25, -0.2) is 0 Å². The second-order valence-electron chi connectivity index (χ2n) is 5.05. The Kier molecular flexibility index (Phi) is 5.43. The van der Waals surface area contributed by atoms with Crippen molar-refractivity contribution in [2.24, 2.45) is 5.92 Å². The Morgan fingerprint density at radius 2 is 2.05 bits per heavy atom. The van der Waals surface area contributed by atoms with Crippen LogP contribution in [0.3, 0.4) is 0 Å². The first-order chi connectivity index (χ1) is 9.31. The Morgan fingerprint density at radius 3 is 2.74 bits per heavy atom. The number of benzene rings is 1. The van der Waals surface area contributed by atoms with Crippen molar-refractivity contribution in [1.82, 2.24) is 4.90 Å². The number of likely N-dealkylation sites (tertiary alicyclic amines) is 1. The predicted octanol–water partition coefficient (Wildman–Crippen LogP) is 2.68. The summed E-state index contributed by atoms with van der Waals surface area (Å²) in [5, 5.41) is 0. The van der Waals surface area contributed by atoms with E-state index in [-0.39, 0.29) is 0 Å². The lowest BCUT2D eigenvalue weighted by molar-refractivity contribution is 0.154. The van der Waals surface area contributed by atoms with Gasteiger partial charge in [-0.2, -0.15) is 0 Å². The third-order valence-electron chi connectivity index (χ3n) is 3.56. The lowest BCUT2D eigenvalue weighted by atomic mass is 10.1. The van der Waals surface area contributed by atoms with Crippen molar-refractivity contribution in [2.75, 3.05) is 40.5 Å². The van der Waals surface area contributed by atoms with E-state index in [0.29, 0.717) is 5.92 Å². The highest BCUT2D eigenvalue weighted by Gasteiger charge is 2.20. The highest BCUT2D eigenvalue weighted by Crippen LogP contribution is 2.16. The fourth-order valence-electron chi connectivity index (χ4n) is 2.50. The van der Waals surface area contributed by atoms with E-state index in [0.717, 1.165) is 25.4 Å². The Balaban J connectivity index is 1.77. The van der Waals surface area contributed by atoms with Gasteiger partial charge in [0.2, 0.25) is 0 Å². The van der Waals surface area contributed by atoms with Crippen molar-refractivity contribution in [3.8, 4) is 5.75 Å². The van der Waals surface area contributed by atoms with Gasteiger partial charge in [-0.3, -0.25) is 4.90 Å². The molecule has 0 aliphatic carbocycles. The van der Waals surface area contributed by atoms with Gasteiger partial charge in [0.25, 0.3) is 0 Å². The van der Waals surface area contributed by atoms with Crippen LogP contribution in [0.4, 0.5) is 0 Å². The van der Waals surface area contributed by atoms with Crippen LogP contribution < -0.4 is 4.74 Å². The predicted molar refractivity (Wildman–Crippen MR) is 78.5 cm³/mol. The van der Waals surface area contributed by atoms with Gasteiger partial charge in [-0.05, 0) is 36.6 Å². The summed E-state index contributed by atoms with van der Waals surface area (Å²) in [7, 11) is 3.47. The summed E-state index contributed by atoms with van der Waals surface area (Å²) < 4.78 is 10.4. The maximum Gasteiger partial charge on any atom is 0.118 e. The minimum absolute atomic E-state index is 0.708. The average molecular weight is 261 g/mol. The van der Waals surface area contributed by atoms with Gasteiger partial charge < -0.3 is 9.47 Å². The minimum Gasteiger partial charge on any atom is -0.497 e. The molecule has 0 amide bonds. The van der Waals surface area contributed by atoms with Gasteiger partial charge in [0.05, 0.1) is 13.7 Å². The summed E-state index contributed by atoms with van der Waals surface area (Å²) in [5.41, 5.74) is 1.22. The Hall–Kier alpha value is -1.32. The highest BCUT2D eigenvalue weighted by atomic mass is 16.5. The van der Waals surface area contributed by atoms with E-state index in [2.05, 4.69) is 29.2 Å². The fraction of sp³-hybridized carbons (Fsp3) is 0.500. The molecule has 1 heterocycles. The normalized spacial score (nSPS) is 20.2. The van der Waals surface area contributed by atoms with Crippen molar-refractivity contribution in [1.29, 1.82) is 0 Å². The smallest absolute Gasteiger partial charge is 0.118 e. The number of nitrogens with zero attached hydrogens (tertiary/aromatic N) is 1.